The summed E-state index contributed by atoms with van der Waals surface area (Å²) in [7, 11) is 1.48. The summed E-state index contributed by atoms with van der Waals surface area (Å²) >= 11 is 0. The van der Waals surface area contributed by atoms with Gasteiger partial charge in [0.2, 0.25) is 0 Å². The normalized spacial score (nSPS) is 39.8. The maximum atomic E-state index is 12.7. The number of hydrogen-bond acceptors (Lipinski definition) is 3. The molecule has 2 fully saturated rings. The number of allylic oxidation sites excluding steroid dienone is 1. The van der Waals surface area contributed by atoms with Crippen LogP contribution in [0.5, 0.6) is 0 Å². The monoisotopic (exact) mass is 322 g/mol. The highest BCUT2D eigenvalue weighted by Gasteiger charge is 2.65. The second kappa shape index (κ2) is 4.73. The number of methoxy groups -OCH3 is 1. The molecule has 1 spiro atoms. The molecule has 4 heteroatoms. The smallest absolute Gasteiger partial charge is 0.414 e. The summed E-state index contributed by atoms with van der Waals surface area (Å²) in [6.07, 6.45) is 7.83. The molecule has 1 aromatic carbocycles. The summed E-state index contributed by atoms with van der Waals surface area (Å²) in [5.41, 5.74) is 3.77. The van der Waals surface area contributed by atoms with Gasteiger partial charge in [-0.1, -0.05) is 42.0 Å². The Labute approximate surface area is 142 Å². The van der Waals surface area contributed by atoms with Gasteiger partial charge in [0.25, 0.3) is 0 Å². The van der Waals surface area contributed by atoms with Gasteiger partial charge in [-0.05, 0) is 25.0 Å². The van der Waals surface area contributed by atoms with Crippen LogP contribution in [0.4, 0.5) is 10.5 Å². The van der Waals surface area contributed by atoms with E-state index in [1.807, 2.05) is 11.0 Å². The van der Waals surface area contributed by atoms with E-state index in [1.54, 1.807) is 0 Å². The number of para-hydroxylation sites is 1. The van der Waals surface area contributed by atoms with Crippen molar-refractivity contribution in [1.29, 1.82) is 0 Å². The number of amides is 1. The van der Waals surface area contributed by atoms with Crippen molar-refractivity contribution in [2.24, 2.45) is 5.92 Å². The maximum absolute atomic E-state index is 12.7. The predicted octanol–water partition coefficient (Wildman–Crippen LogP) is 3.10. The van der Waals surface area contributed by atoms with Crippen molar-refractivity contribution in [3.63, 3.8) is 0 Å². The number of nitrogens with zero attached hydrogens (tertiary/aromatic N) is 2. The molecule has 4 heterocycles. The molecule has 24 heavy (non-hydrogen) atoms. The molecule has 4 aliphatic heterocycles. The first-order valence-corrected chi connectivity index (χ1v) is 8.76. The van der Waals surface area contributed by atoms with Crippen LogP contribution in [0.15, 0.2) is 48.1 Å². The van der Waals surface area contributed by atoms with Gasteiger partial charge in [-0.2, -0.15) is 0 Å². The van der Waals surface area contributed by atoms with Crippen molar-refractivity contribution in [3.8, 4) is 0 Å². The van der Waals surface area contributed by atoms with E-state index in [9.17, 15) is 4.79 Å². The van der Waals surface area contributed by atoms with E-state index in [4.69, 9.17) is 4.74 Å². The average molecular weight is 322 g/mol. The van der Waals surface area contributed by atoms with Crippen molar-refractivity contribution >= 4 is 11.8 Å². The molecule has 5 atom stereocenters. The summed E-state index contributed by atoms with van der Waals surface area (Å²) in [5, 5.41) is 0. The van der Waals surface area contributed by atoms with Crippen molar-refractivity contribution in [1.82, 2.24) is 4.90 Å². The number of anilines is 1. The third-order valence-electron chi connectivity index (χ3n) is 6.60. The van der Waals surface area contributed by atoms with Gasteiger partial charge in [-0.3, -0.25) is 9.80 Å². The van der Waals surface area contributed by atoms with Crippen LogP contribution in [0.2, 0.25) is 0 Å². The molecular formula is C20H22N2O2. The predicted molar refractivity (Wildman–Crippen MR) is 93.2 cm³/mol. The van der Waals surface area contributed by atoms with Crippen LogP contribution in [-0.2, 0) is 10.2 Å². The quantitative estimate of drug-likeness (QED) is 0.688. The largest absolute Gasteiger partial charge is 0.452 e. The lowest BCUT2D eigenvalue weighted by Gasteiger charge is -2.43. The Balaban J connectivity index is 1.81. The minimum atomic E-state index is -0.237. The zero-order valence-electron chi connectivity index (χ0n) is 14.1. The van der Waals surface area contributed by atoms with Gasteiger partial charge in [0, 0.05) is 30.5 Å². The topological polar surface area (TPSA) is 32.8 Å². The van der Waals surface area contributed by atoms with Gasteiger partial charge in [-0.15, -0.1) is 0 Å². The van der Waals surface area contributed by atoms with Crippen LogP contribution >= 0.6 is 0 Å². The van der Waals surface area contributed by atoms with E-state index in [2.05, 4.69) is 48.3 Å². The molecule has 0 aromatic heterocycles. The first kappa shape index (κ1) is 14.3. The Bertz CT molecular complexity index is 784. The third kappa shape index (κ3) is 1.46. The van der Waals surface area contributed by atoms with E-state index < -0.39 is 0 Å². The highest BCUT2D eigenvalue weighted by Crippen LogP contribution is 2.60. The first-order chi connectivity index (χ1) is 11.7. The fourth-order valence-corrected chi connectivity index (χ4v) is 5.72. The zero-order chi connectivity index (χ0) is 16.5. The molecule has 4 bridgehead atoms. The molecule has 5 aliphatic rings. The minimum absolute atomic E-state index is 0.00500. The van der Waals surface area contributed by atoms with Crippen LogP contribution < -0.4 is 4.90 Å². The third-order valence-corrected chi connectivity index (χ3v) is 6.60. The van der Waals surface area contributed by atoms with Gasteiger partial charge in [-0.25, -0.2) is 4.79 Å². The van der Waals surface area contributed by atoms with Gasteiger partial charge in [0.05, 0.1) is 18.8 Å². The van der Waals surface area contributed by atoms with E-state index in [-0.39, 0.29) is 23.5 Å². The van der Waals surface area contributed by atoms with Gasteiger partial charge in [0.1, 0.15) is 0 Å². The molecule has 2 saturated heterocycles. The van der Waals surface area contributed by atoms with E-state index in [1.165, 1.54) is 18.2 Å². The van der Waals surface area contributed by atoms with Crippen LogP contribution in [-0.4, -0.2) is 43.3 Å². The summed E-state index contributed by atoms with van der Waals surface area (Å²) < 4.78 is 5.19. The Kier molecular flexibility index (Phi) is 2.82. The number of hydrogen-bond donors (Lipinski definition) is 0. The minimum Gasteiger partial charge on any atom is -0.452 e. The van der Waals surface area contributed by atoms with Gasteiger partial charge >= 0.3 is 6.09 Å². The molecular weight excluding hydrogens is 300 g/mol. The lowest BCUT2D eigenvalue weighted by molar-refractivity contribution is 0.168. The summed E-state index contributed by atoms with van der Waals surface area (Å²) in [5.74, 6) is 0.267. The first-order valence-electron chi connectivity index (χ1n) is 8.76. The number of carbonyl (C=O) groups excluding carboxylic acids is 1. The molecule has 124 valence electrons. The van der Waals surface area contributed by atoms with Crippen LogP contribution in [0, 0.1) is 5.92 Å². The summed E-state index contributed by atoms with van der Waals surface area (Å²) in [6.45, 7) is 4.21. The Morgan fingerprint density at radius 3 is 2.96 bits per heavy atom. The molecule has 0 N–H and O–H groups in total. The number of benzene rings is 1. The van der Waals surface area contributed by atoms with Crippen LogP contribution in [0.25, 0.3) is 0 Å². The fourth-order valence-electron chi connectivity index (χ4n) is 5.72. The molecule has 1 unspecified atom stereocenters. The number of carbonyl (C=O) groups is 1. The lowest BCUT2D eigenvalue weighted by Crippen LogP contribution is -2.56. The molecule has 1 aromatic rings. The van der Waals surface area contributed by atoms with E-state index in [0.717, 1.165) is 25.2 Å². The van der Waals surface area contributed by atoms with Gasteiger partial charge in [0.15, 0.2) is 0 Å². The Morgan fingerprint density at radius 2 is 2.17 bits per heavy atom. The van der Waals surface area contributed by atoms with Gasteiger partial charge < -0.3 is 4.74 Å². The molecule has 1 amide bonds. The average Bonchev–Trinajstić information content (AvgIpc) is 3.03. The molecule has 0 saturated carbocycles. The van der Waals surface area contributed by atoms with Crippen LogP contribution in [0.3, 0.4) is 0 Å². The Hall–Kier alpha value is -2.07. The molecule has 4 nitrogen and oxygen atoms in total. The second-order valence-corrected chi connectivity index (χ2v) is 7.28. The van der Waals surface area contributed by atoms with E-state index in [0.29, 0.717) is 6.04 Å². The fraction of sp³-hybridized carbons (Fsp3) is 0.450. The van der Waals surface area contributed by atoms with Crippen molar-refractivity contribution in [2.75, 3.05) is 25.1 Å². The van der Waals surface area contributed by atoms with E-state index >= 15 is 0 Å². The SMILES string of the molecule is CC=C1CN2CC[C@]34c5ccccc5N(C(=O)OC)[C@H]3[C@H]1C=C[C@H]24. The number of rotatable bonds is 0. The highest BCUT2D eigenvalue weighted by atomic mass is 16.5. The summed E-state index contributed by atoms with van der Waals surface area (Å²) in [6, 6.07) is 8.91. The summed E-state index contributed by atoms with van der Waals surface area (Å²) in [4.78, 5) is 17.3. The maximum Gasteiger partial charge on any atom is 0.414 e. The molecule has 1 aliphatic carbocycles. The zero-order valence-corrected chi connectivity index (χ0v) is 14.1. The van der Waals surface area contributed by atoms with Crippen molar-refractivity contribution < 1.29 is 9.53 Å². The molecule has 6 rings (SSSR count). The Morgan fingerprint density at radius 1 is 1.33 bits per heavy atom. The van der Waals surface area contributed by atoms with Crippen LogP contribution in [0.1, 0.15) is 18.9 Å². The highest BCUT2D eigenvalue weighted by molar-refractivity contribution is 5.93. The number of ether oxygens (including phenoxy) is 1. The number of fused-ring (bicyclic) bond motifs is 2. The van der Waals surface area contributed by atoms with Crippen molar-refractivity contribution in [3.05, 3.63) is 53.6 Å². The second-order valence-electron chi connectivity index (χ2n) is 7.28. The standard InChI is InChI=1S/C20H22N2O2/c1-3-13-12-21-11-10-20-15-6-4-5-7-16(15)22(19(23)24-2)18(20)14(13)8-9-17(20)21/h3-9,14,17-18H,10-12H2,1-2H3/t14-,17-,18-,20+/m0/s1. The van der Waals surface area contributed by atoms with Crippen molar-refractivity contribution in [2.45, 2.75) is 30.8 Å². The lowest BCUT2D eigenvalue weighted by atomic mass is 9.63. The molecule has 0 radical (unpaired) electrons.